The molecule has 4 rings (SSSR count). The summed E-state index contributed by atoms with van der Waals surface area (Å²) in [7, 11) is 1.76. The van der Waals surface area contributed by atoms with Crippen LogP contribution in [0.5, 0.6) is 0 Å². The van der Waals surface area contributed by atoms with E-state index < -0.39 is 11.5 Å². The molecule has 136 valence electrons. The van der Waals surface area contributed by atoms with Crippen molar-refractivity contribution in [1.82, 2.24) is 9.78 Å². The third-order valence-corrected chi connectivity index (χ3v) is 6.50. The fraction of sp³-hybridized carbons (Fsp3) is 0.421. The first kappa shape index (κ1) is 17.7. The van der Waals surface area contributed by atoms with Crippen molar-refractivity contribution in [2.45, 2.75) is 32.3 Å². The topological polar surface area (TPSA) is 76.4 Å². The van der Waals surface area contributed by atoms with Gasteiger partial charge in [0.05, 0.1) is 23.8 Å². The normalized spacial score (nSPS) is 24.0. The number of hydrogen-bond acceptors (Lipinski definition) is 4. The highest BCUT2D eigenvalue weighted by atomic mass is 127. The first-order chi connectivity index (χ1) is 12.2. The lowest BCUT2D eigenvalue weighted by atomic mass is 9.70. The lowest BCUT2D eigenvalue weighted by Crippen LogP contribution is -2.53. The van der Waals surface area contributed by atoms with E-state index in [1.54, 1.807) is 25.6 Å². The van der Waals surface area contributed by atoms with Gasteiger partial charge in [0.1, 0.15) is 5.60 Å². The molecule has 0 saturated carbocycles. The number of hydrogen-bond donors (Lipinski definition) is 1. The molecule has 2 unspecified atom stereocenters. The third-order valence-electron chi connectivity index (χ3n) is 5.34. The summed E-state index contributed by atoms with van der Waals surface area (Å²) in [4.78, 5) is 30.5. The van der Waals surface area contributed by atoms with Crippen molar-refractivity contribution in [2.24, 2.45) is 18.0 Å². The minimum absolute atomic E-state index is 0.0306. The summed E-state index contributed by atoms with van der Waals surface area (Å²) in [6.45, 7) is 5.91. The van der Waals surface area contributed by atoms with E-state index in [-0.39, 0.29) is 17.3 Å². The lowest BCUT2D eigenvalue weighted by Gasteiger charge is -2.40. The van der Waals surface area contributed by atoms with Crippen molar-refractivity contribution in [3.63, 3.8) is 0 Å². The van der Waals surface area contributed by atoms with Crippen molar-refractivity contribution in [3.05, 3.63) is 48.8 Å². The van der Waals surface area contributed by atoms with E-state index in [9.17, 15) is 9.59 Å². The standard InChI is InChI=1S/C19H20IN3O3/c1-9-5-6-10(7-11(9)20)13-14-12(8-26-19(2,3)16(14)24)21-17-15(13)18(25)22-23(17)4/h5-7,13-14H,8H2,1-4H3,(H,22,25). The van der Waals surface area contributed by atoms with Crippen molar-refractivity contribution < 1.29 is 9.53 Å². The number of aromatic amines is 1. The minimum Gasteiger partial charge on any atom is -0.362 e. The number of nitrogens with one attached hydrogen (secondary N) is 1. The minimum atomic E-state index is -0.890. The Kier molecular flexibility index (Phi) is 4.00. The molecule has 1 fully saturated rings. The van der Waals surface area contributed by atoms with E-state index in [0.29, 0.717) is 23.7 Å². The van der Waals surface area contributed by atoms with Gasteiger partial charge in [-0.05, 0) is 60.6 Å². The van der Waals surface area contributed by atoms with Crippen LogP contribution in [0.2, 0.25) is 0 Å². The van der Waals surface area contributed by atoms with Gasteiger partial charge in [-0.2, -0.15) is 0 Å². The summed E-state index contributed by atoms with van der Waals surface area (Å²) in [6, 6.07) is 6.11. The summed E-state index contributed by atoms with van der Waals surface area (Å²) in [6.07, 6.45) is 0. The number of fused-ring (bicyclic) bond motifs is 2. The van der Waals surface area contributed by atoms with Crippen LogP contribution in [0.1, 0.15) is 36.5 Å². The molecule has 2 aliphatic rings. The van der Waals surface area contributed by atoms with E-state index in [1.807, 2.05) is 19.1 Å². The number of ether oxygens (including phenoxy) is 1. The monoisotopic (exact) mass is 465 g/mol. The van der Waals surface area contributed by atoms with Gasteiger partial charge in [0.15, 0.2) is 11.6 Å². The van der Waals surface area contributed by atoms with Crippen molar-refractivity contribution in [3.8, 4) is 0 Å². The Labute approximate surface area is 164 Å². The van der Waals surface area contributed by atoms with E-state index in [1.165, 1.54) is 5.56 Å². The summed E-state index contributed by atoms with van der Waals surface area (Å²) in [5.74, 6) is -0.282. The van der Waals surface area contributed by atoms with Gasteiger partial charge in [-0.25, -0.2) is 4.99 Å². The number of nitrogens with zero attached hydrogens (tertiary/aromatic N) is 2. The van der Waals surface area contributed by atoms with Crippen molar-refractivity contribution in [2.75, 3.05) is 6.61 Å². The van der Waals surface area contributed by atoms with Crippen LogP contribution in [0.4, 0.5) is 5.82 Å². The van der Waals surface area contributed by atoms with Crippen LogP contribution in [0.3, 0.4) is 0 Å². The average molecular weight is 465 g/mol. The predicted octanol–water partition coefficient (Wildman–Crippen LogP) is 2.84. The molecule has 2 atom stereocenters. The molecule has 2 aromatic rings. The van der Waals surface area contributed by atoms with Crippen LogP contribution < -0.4 is 5.56 Å². The van der Waals surface area contributed by atoms with Crippen molar-refractivity contribution >= 4 is 39.9 Å². The maximum atomic E-state index is 13.2. The number of halogens is 1. The van der Waals surface area contributed by atoms with Crippen LogP contribution in [0.25, 0.3) is 0 Å². The zero-order chi connectivity index (χ0) is 18.8. The van der Waals surface area contributed by atoms with Crippen molar-refractivity contribution in [1.29, 1.82) is 0 Å². The maximum absolute atomic E-state index is 13.2. The highest BCUT2D eigenvalue weighted by molar-refractivity contribution is 14.1. The number of carbonyl (C=O) groups excluding carboxylic acids is 1. The summed E-state index contributed by atoms with van der Waals surface area (Å²) < 4.78 is 8.49. The number of aryl methyl sites for hydroxylation is 2. The molecule has 1 saturated heterocycles. The van der Waals surface area contributed by atoms with Crippen LogP contribution in [-0.4, -0.2) is 33.5 Å². The fourth-order valence-corrected chi connectivity index (χ4v) is 4.35. The Morgan fingerprint density at radius 3 is 2.73 bits per heavy atom. The van der Waals surface area contributed by atoms with Crippen LogP contribution in [0.15, 0.2) is 28.0 Å². The first-order valence-corrected chi connectivity index (χ1v) is 9.59. The molecule has 1 aromatic heterocycles. The average Bonchev–Trinajstić information content (AvgIpc) is 2.86. The van der Waals surface area contributed by atoms with Gasteiger partial charge in [0, 0.05) is 16.5 Å². The number of benzene rings is 1. The molecule has 6 nitrogen and oxygen atoms in total. The zero-order valence-corrected chi connectivity index (χ0v) is 17.2. The Hall–Kier alpha value is -1.74. The van der Waals surface area contributed by atoms with Gasteiger partial charge in [-0.15, -0.1) is 0 Å². The highest BCUT2D eigenvalue weighted by Crippen LogP contribution is 2.44. The van der Waals surface area contributed by atoms with Gasteiger partial charge in [0.25, 0.3) is 5.56 Å². The first-order valence-electron chi connectivity index (χ1n) is 8.51. The van der Waals surface area contributed by atoms with E-state index in [0.717, 1.165) is 9.13 Å². The quantitative estimate of drug-likeness (QED) is 0.659. The highest BCUT2D eigenvalue weighted by Gasteiger charge is 2.50. The zero-order valence-electron chi connectivity index (χ0n) is 15.1. The number of rotatable bonds is 1. The molecule has 1 N–H and O–H groups in total. The molecule has 0 radical (unpaired) electrons. The molecule has 26 heavy (non-hydrogen) atoms. The second-order valence-corrected chi connectivity index (χ2v) is 8.63. The lowest BCUT2D eigenvalue weighted by molar-refractivity contribution is -0.144. The Morgan fingerprint density at radius 2 is 2.04 bits per heavy atom. The number of aromatic nitrogens is 2. The largest absolute Gasteiger partial charge is 0.362 e. The number of H-pyrrole nitrogens is 1. The molecule has 7 heteroatoms. The molecule has 1 aromatic carbocycles. The fourth-order valence-electron chi connectivity index (χ4n) is 3.81. The Balaban J connectivity index is 1.99. The number of carbonyl (C=O) groups is 1. The molecule has 0 spiro atoms. The predicted molar refractivity (Wildman–Crippen MR) is 107 cm³/mol. The van der Waals surface area contributed by atoms with Gasteiger partial charge < -0.3 is 4.74 Å². The molecule has 0 aliphatic carbocycles. The maximum Gasteiger partial charge on any atom is 0.270 e. The molecule has 0 amide bonds. The van der Waals surface area contributed by atoms with E-state index in [4.69, 9.17) is 4.74 Å². The third kappa shape index (κ3) is 2.51. The van der Waals surface area contributed by atoms with E-state index >= 15 is 0 Å². The summed E-state index contributed by atoms with van der Waals surface area (Å²) >= 11 is 2.29. The molecule has 2 aliphatic heterocycles. The molecular formula is C19H20IN3O3. The second-order valence-electron chi connectivity index (χ2n) is 7.47. The Morgan fingerprint density at radius 1 is 1.31 bits per heavy atom. The SMILES string of the molecule is Cc1ccc(C2c3c(n(C)[nH]c3=O)N=C3COC(C)(C)C(=O)C32)cc1I. The van der Waals surface area contributed by atoms with Crippen LogP contribution in [-0.2, 0) is 16.6 Å². The summed E-state index contributed by atoms with van der Waals surface area (Å²) in [5, 5.41) is 2.79. The van der Waals surface area contributed by atoms with Gasteiger partial charge in [-0.1, -0.05) is 12.1 Å². The molecular weight excluding hydrogens is 445 g/mol. The number of aliphatic imine (C=N–C) groups is 1. The van der Waals surface area contributed by atoms with Gasteiger partial charge in [-0.3, -0.25) is 19.4 Å². The van der Waals surface area contributed by atoms with Gasteiger partial charge in [0.2, 0.25) is 0 Å². The molecule has 3 heterocycles. The molecule has 0 bridgehead atoms. The van der Waals surface area contributed by atoms with Crippen LogP contribution in [0, 0.1) is 16.4 Å². The number of Topliss-reactive ketones (excluding diaryl/α,β-unsaturated/α-hetero) is 1. The Bertz CT molecular complexity index is 1020. The smallest absolute Gasteiger partial charge is 0.270 e. The second kappa shape index (κ2) is 5.88. The van der Waals surface area contributed by atoms with Gasteiger partial charge >= 0.3 is 0 Å². The number of ketones is 1. The van der Waals surface area contributed by atoms with Crippen LogP contribution >= 0.6 is 22.6 Å². The van der Waals surface area contributed by atoms with E-state index in [2.05, 4.69) is 38.7 Å². The summed E-state index contributed by atoms with van der Waals surface area (Å²) in [5.41, 5.74) is 2.30.